The summed E-state index contributed by atoms with van der Waals surface area (Å²) in [4.78, 5) is 11.0. The Kier molecular flexibility index (Phi) is 1.61. The average Bonchev–Trinajstić information content (AvgIpc) is 2.05. The van der Waals surface area contributed by atoms with Gasteiger partial charge in [0, 0.05) is 12.1 Å². The Morgan fingerprint density at radius 2 is 2.25 bits per heavy atom. The van der Waals surface area contributed by atoms with E-state index in [2.05, 4.69) is 18.3 Å². The molecule has 0 unspecified atom stereocenters. The molecule has 0 aromatic heterocycles. The van der Waals surface area contributed by atoms with Crippen LogP contribution in [0.25, 0.3) is 0 Å². The number of anilines is 1. The van der Waals surface area contributed by atoms with Crippen LogP contribution < -0.4 is 5.32 Å². The van der Waals surface area contributed by atoms with Crippen LogP contribution in [0.2, 0.25) is 0 Å². The Balaban J connectivity index is 2.43. The van der Waals surface area contributed by atoms with Gasteiger partial charge in [0.05, 0.1) is 6.54 Å². The standard InChI is InChI=1S/C10H11NO/c1-7-2-3-8-5-9(12)6-11-10(8)4-7/h2-4,11H,5-6H2,1H3. The fourth-order valence-corrected chi connectivity index (χ4v) is 1.48. The molecule has 0 aliphatic carbocycles. The topological polar surface area (TPSA) is 29.1 Å². The molecule has 0 bridgehead atoms. The van der Waals surface area contributed by atoms with E-state index in [9.17, 15) is 4.79 Å². The third-order valence-corrected chi connectivity index (χ3v) is 2.13. The number of hydrogen-bond donors (Lipinski definition) is 1. The molecule has 1 aliphatic rings. The van der Waals surface area contributed by atoms with Gasteiger partial charge in [0.15, 0.2) is 5.78 Å². The maximum atomic E-state index is 11.0. The van der Waals surface area contributed by atoms with Crippen LogP contribution in [-0.2, 0) is 11.2 Å². The molecule has 0 radical (unpaired) electrons. The van der Waals surface area contributed by atoms with E-state index >= 15 is 0 Å². The van der Waals surface area contributed by atoms with Gasteiger partial charge in [-0.1, -0.05) is 12.1 Å². The maximum absolute atomic E-state index is 11.0. The highest BCUT2D eigenvalue weighted by atomic mass is 16.1. The van der Waals surface area contributed by atoms with E-state index in [1.54, 1.807) is 0 Å². The summed E-state index contributed by atoms with van der Waals surface area (Å²) in [6, 6.07) is 6.15. The monoisotopic (exact) mass is 161 g/mol. The van der Waals surface area contributed by atoms with Gasteiger partial charge in [-0.05, 0) is 24.1 Å². The normalized spacial score (nSPS) is 15.2. The number of carbonyl (C=O) groups excluding carboxylic acids is 1. The van der Waals surface area contributed by atoms with Crippen LogP contribution in [0.3, 0.4) is 0 Å². The fraction of sp³-hybridized carbons (Fsp3) is 0.300. The Morgan fingerprint density at radius 3 is 3.08 bits per heavy atom. The van der Waals surface area contributed by atoms with Crippen molar-refractivity contribution in [3.05, 3.63) is 29.3 Å². The minimum absolute atomic E-state index is 0.270. The van der Waals surface area contributed by atoms with Crippen LogP contribution in [0.1, 0.15) is 11.1 Å². The summed E-state index contributed by atoms with van der Waals surface area (Å²) in [5, 5.41) is 3.10. The van der Waals surface area contributed by atoms with Gasteiger partial charge in [-0.2, -0.15) is 0 Å². The molecule has 1 heterocycles. The number of carbonyl (C=O) groups is 1. The van der Waals surface area contributed by atoms with Crippen LogP contribution in [0.4, 0.5) is 5.69 Å². The molecule has 0 atom stereocenters. The average molecular weight is 161 g/mol. The Labute approximate surface area is 71.6 Å². The number of hydrogen-bond acceptors (Lipinski definition) is 2. The van der Waals surface area contributed by atoms with Crippen molar-refractivity contribution in [2.24, 2.45) is 0 Å². The first-order valence-corrected chi connectivity index (χ1v) is 4.11. The van der Waals surface area contributed by atoms with Crippen molar-refractivity contribution < 1.29 is 4.79 Å². The number of benzene rings is 1. The van der Waals surface area contributed by atoms with Gasteiger partial charge in [-0.15, -0.1) is 0 Å². The summed E-state index contributed by atoms with van der Waals surface area (Å²) in [6.07, 6.45) is 0.586. The molecule has 62 valence electrons. The smallest absolute Gasteiger partial charge is 0.156 e. The molecule has 0 saturated carbocycles. The summed E-state index contributed by atoms with van der Waals surface area (Å²) in [7, 11) is 0. The third kappa shape index (κ3) is 1.20. The molecular formula is C10H11NO. The molecule has 2 rings (SSSR count). The van der Waals surface area contributed by atoms with Crippen molar-refractivity contribution >= 4 is 11.5 Å². The third-order valence-electron chi connectivity index (χ3n) is 2.13. The van der Waals surface area contributed by atoms with Crippen molar-refractivity contribution in [2.45, 2.75) is 13.3 Å². The highest BCUT2D eigenvalue weighted by molar-refractivity contribution is 5.89. The minimum Gasteiger partial charge on any atom is -0.378 e. The zero-order chi connectivity index (χ0) is 8.55. The molecule has 2 nitrogen and oxygen atoms in total. The number of fused-ring (bicyclic) bond motifs is 1. The highest BCUT2D eigenvalue weighted by Crippen LogP contribution is 2.21. The van der Waals surface area contributed by atoms with Crippen LogP contribution in [-0.4, -0.2) is 12.3 Å². The predicted molar refractivity (Wildman–Crippen MR) is 48.4 cm³/mol. The van der Waals surface area contributed by atoms with Crippen molar-refractivity contribution in [3.8, 4) is 0 Å². The van der Waals surface area contributed by atoms with Gasteiger partial charge >= 0.3 is 0 Å². The van der Waals surface area contributed by atoms with Gasteiger partial charge in [-0.3, -0.25) is 4.79 Å². The summed E-state index contributed by atoms with van der Waals surface area (Å²) in [5.74, 6) is 0.270. The summed E-state index contributed by atoms with van der Waals surface area (Å²) in [6.45, 7) is 2.54. The Morgan fingerprint density at radius 1 is 1.42 bits per heavy atom. The zero-order valence-corrected chi connectivity index (χ0v) is 7.05. The molecule has 0 saturated heterocycles. The van der Waals surface area contributed by atoms with E-state index in [-0.39, 0.29) is 5.78 Å². The van der Waals surface area contributed by atoms with Gasteiger partial charge in [0.2, 0.25) is 0 Å². The van der Waals surface area contributed by atoms with Gasteiger partial charge in [-0.25, -0.2) is 0 Å². The second kappa shape index (κ2) is 2.63. The van der Waals surface area contributed by atoms with E-state index in [4.69, 9.17) is 0 Å². The number of rotatable bonds is 0. The van der Waals surface area contributed by atoms with Crippen molar-refractivity contribution in [3.63, 3.8) is 0 Å². The van der Waals surface area contributed by atoms with Crippen LogP contribution >= 0.6 is 0 Å². The lowest BCUT2D eigenvalue weighted by molar-refractivity contribution is -0.117. The van der Waals surface area contributed by atoms with E-state index in [1.165, 1.54) is 5.56 Å². The molecule has 0 spiro atoms. The van der Waals surface area contributed by atoms with Crippen LogP contribution in [0, 0.1) is 6.92 Å². The highest BCUT2D eigenvalue weighted by Gasteiger charge is 2.13. The second-order valence-electron chi connectivity index (χ2n) is 3.23. The second-order valence-corrected chi connectivity index (χ2v) is 3.23. The molecule has 2 heteroatoms. The van der Waals surface area contributed by atoms with Gasteiger partial charge in [0.25, 0.3) is 0 Å². The number of Topliss-reactive ketones (excluding diaryl/α,β-unsaturated/α-hetero) is 1. The van der Waals surface area contributed by atoms with Crippen molar-refractivity contribution in [2.75, 3.05) is 11.9 Å². The number of aryl methyl sites for hydroxylation is 1. The van der Waals surface area contributed by atoms with Gasteiger partial charge in [0.1, 0.15) is 0 Å². The molecule has 12 heavy (non-hydrogen) atoms. The van der Waals surface area contributed by atoms with Crippen LogP contribution in [0.5, 0.6) is 0 Å². The fourth-order valence-electron chi connectivity index (χ4n) is 1.48. The Bertz CT molecular complexity index is 331. The first kappa shape index (κ1) is 7.35. The summed E-state index contributed by atoms with van der Waals surface area (Å²) < 4.78 is 0. The molecular weight excluding hydrogens is 150 g/mol. The van der Waals surface area contributed by atoms with Crippen LogP contribution in [0.15, 0.2) is 18.2 Å². The molecule has 1 aliphatic heterocycles. The van der Waals surface area contributed by atoms with E-state index in [1.807, 2.05) is 12.1 Å². The first-order chi connectivity index (χ1) is 5.75. The van der Waals surface area contributed by atoms with E-state index in [0.717, 1.165) is 11.3 Å². The minimum atomic E-state index is 0.270. The molecule has 1 aromatic carbocycles. The Hall–Kier alpha value is -1.31. The van der Waals surface area contributed by atoms with Gasteiger partial charge < -0.3 is 5.32 Å². The molecule has 1 N–H and O–H groups in total. The van der Waals surface area contributed by atoms with Crippen molar-refractivity contribution in [1.29, 1.82) is 0 Å². The number of nitrogens with one attached hydrogen (secondary N) is 1. The van der Waals surface area contributed by atoms with Crippen molar-refractivity contribution in [1.82, 2.24) is 0 Å². The lowest BCUT2D eigenvalue weighted by atomic mass is 10.0. The summed E-state index contributed by atoms with van der Waals surface area (Å²) in [5.41, 5.74) is 3.47. The molecule has 1 aromatic rings. The quantitative estimate of drug-likeness (QED) is 0.625. The lowest BCUT2D eigenvalue weighted by Gasteiger charge is -2.17. The largest absolute Gasteiger partial charge is 0.378 e. The summed E-state index contributed by atoms with van der Waals surface area (Å²) >= 11 is 0. The van der Waals surface area contributed by atoms with E-state index in [0.29, 0.717) is 13.0 Å². The lowest BCUT2D eigenvalue weighted by Crippen LogP contribution is -2.22. The van der Waals surface area contributed by atoms with E-state index < -0.39 is 0 Å². The predicted octanol–water partition coefficient (Wildman–Crippen LogP) is 1.53. The zero-order valence-electron chi connectivity index (χ0n) is 7.05. The first-order valence-electron chi connectivity index (χ1n) is 4.11. The molecule has 0 fully saturated rings. The maximum Gasteiger partial charge on any atom is 0.156 e. The number of ketones is 1. The SMILES string of the molecule is Cc1ccc2c(c1)NCC(=O)C2. The molecule has 0 amide bonds.